The number of hydrogen-bond donors (Lipinski definition) is 3. The van der Waals surface area contributed by atoms with E-state index >= 15 is 0 Å². The summed E-state index contributed by atoms with van der Waals surface area (Å²) in [4.78, 5) is 22.8. The van der Waals surface area contributed by atoms with Crippen molar-refractivity contribution < 1.29 is 14.0 Å². The highest BCUT2D eigenvalue weighted by Crippen LogP contribution is 2.24. The Morgan fingerprint density at radius 3 is 2.76 bits per heavy atom. The number of fused-ring (bicyclic) bond motifs is 1. The Balaban J connectivity index is 0.00000220. The molecule has 0 aliphatic carbocycles. The van der Waals surface area contributed by atoms with Crippen LogP contribution < -0.4 is 16.0 Å². The van der Waals surface area contributed by atoms with Gasteiger partial charge >= 0.3 is 0 Å². The van der Waals surface area contributed by atoms with Crippen molar-refractivity contribution in [3.05, 3.63) is 29.1 Å². The molecule has 1 aliphatic heterocycles. The minimum absolute atomic E-state index is 0. The van der Waals surface area contributed by atoms with Gasteiger partial charge in [0, 0.05) is 13.5 Å². The predicted octanol–water partition coefficient (Wildman–Crippen LogP) is 1.36. The van der Waals surface area contributed by atoms with E-state index < -0.39 is 11.9 Å². The number of carbonyl (C=O) groups is 2. The summed E-state index contributed by atoms with van der Waals surface area (Å²) in [6.45, 7) is 4.25. The molecule has 0 spiro atoms. The van der Waals surface area contributed by atoms with Crippen molar-refractivity contribution in [3.63, 3.8) is 0 Å². The molecule has 2 amide bonds. The standard InChI is InChI=1S/C14H18FN3O2.ClH/c1-8(17-9(2)19)14(20)18-12-4-3-10-7-16-6-5-11(10)13(12)15;/h3-4,8,16H,5-7H2,1-2H3,(H,17,19)(H,18,20);1H. The van der Waals surface area contributed by atoms with Gasteiger partial charge in [0.15, 0.2) is 0 Å². The van der Waals surface area contributed by atoms with Crippen LogP contribution in [0.1, 0.15) is 25.0 Å². The van der Waals surface area contributed by atoms with Crippen molar-refractivity contribution in [3.8, 4) is 0 Å². The lowest BCUT2D eigenvalue weighted by atomic mass is 9.99. The van der Waals surface area contributed by atoms with Crippen LogP contribution in [0.15, 0.2) is 12.1 Å². The Kier molecular flexibility index (Phi) is 6.11. The lowest BCUT2D eigenvalue weighted by molar-refractivity contribution is -0.124. The highest BCUT2D eigenvalue weighted by Gasteiger charge is 2.19. The zero-order valence-corrected chi connectivity index (χ0v) is 12.8. The van der Waals surface area contributed by atoms with Crippen molar-refractivity contribution in [1.82, 2.24) is 10.6 Å². The number of hydrogen-bond acceptors (Lipinski definition) is 3. The monoisotopic (exact) mass is 315 g/mol. The topological polar surface area (TPSA) is 70.2 Å². The van der Waals surface area contributed by atoms with Crippen LogP contribution in [0.3, 0.4) is 0 Å². The van der Waals surface area contributed by atoms with Gasteiger partial charge in [0.25, 0.3) is 0 Å². The summed E-state index contributed by atoms with van der Waals surface area (Å²) < 4.78 is 14.3. The molecule has 5 nitrogen and oxygen atoms in total. The van der Waals surface area contributed by atoms with Crippen LogP contribution in [0, 0.1) is 5.82 Å². The molecule has 21 heavy (non-hydrogen) atoms. The Morgan fingerprint density at radius 2 is 2.10 bits per heavy atom. The number of amides is 2. The maximum atomic E-state index is 14.3. The van der Waals surface area contributed by atoms with Gasteiger partial charge in [-0.2, -0.15) is 0 Å². The number of rotatable bonds is 3. The van der Waals surface area contributed by atoms with E-state index in [4.69, 9.17) is 0 Å². The fourth-order valence-corrected chi connectivity index (χ4v) is 2.24. The van der Waals surface area contributed by atoms with Crippen LogP contribution in [-0.2, 0) is 22.6 Å². The van der Waals surface area contributed by atoms with Crippen molar-refractivity contribution in [2.24, 2.45) is 0 Å². The summed E-state index contributed by atoms with van der Waals surface area (Å²) in [5, 5.41) is 8.14. The minimum atomic E-state index is -0.704. The molecule has 0 saturated carbocycles. The van der Waals surface area contributed by atoms with Crippen LogP contribution in [-0.4, -0.2) is 24.4 Å². The fourth-order valence-electron chi connectivity index (χ4n) is 2.24. The molecule has 1 aromatic carbocycles. The maximum Gasteiger partial charge on any atom is 0.246 e. The first-order valence-corrected chi connectivity index (χ1v) is 6.58. The second kappa shape index (κ2) is 7.38. The first kappa shape index (κ1) is 17.4. The Labute approximate surface area is 129 Å². The maximum absolute atomic E-state index is 14.3. The fraction of sp³-hybridized carbons (Fsp3) is 0.429. The average Bonchev–Trinajstić information content (AvgIpc) is 2.41. The van der Waals surface area contributed by atoms with Crippen molar-refractivity contribution in [1.29, 1.82) is 0 Å². The Morgan fingerprint density at radius 1 is 1.38 bits per heavy atom. The minimum Gasteiger partial charge on any atom is -0.345 e. The number of carbonyl (C=O) groups excluding carboxylic acids is 2. The summed E-state index contributed by atoms with van der Waals surface area (Å²) in [6.07, 6.45) is 0.603. The van der Waals surface area contributed by atoms with Crippen LogP contribution in [0.25, 0.3) is 0 Å². The van der Waals surface area contributed by atoms with Gasteiger partial charge in [-0.25, -0.2) is 4.39 Å². The molecule has 0 fully saturated rings. The molecule has 1 unspecified atom stereocenters. The molecular weight excluding hydrogens is 297 g/mol. The highest BCUT2D eigenvalue weighted by atomic mass is 35.5. The summed E-state index contributed by atoms with van der Waals surface area (Å²) in [5.41, 5.74) is 1.73. The van der Waals surface area contributed by atoms with Gasteiger partial charge in [-0.05, 0) is 37.1 Å². The van der Waals surface area contributed by atoms with Gasteiger partial charge in [0.05, 0.1) is 5.69 Å². The van der Waals surface area contributed by atoms with E-state index in [1.807, 2.05) is 6.07 Å². The van der Waals surface area contributed by atoms with E-state index in [-0.39, 0.29) is 29.8 Å². The van der Waals surface area contributed by atoms with E-state index in [0.29, 0.717) is 18.5 Å². The summed E-state index contributed by atoms with van der Waals surface area (Å²) in [6, 6.07) is 2.66. The van der Waals surface area contributed by atoms with Gasteiger partial charge in [-0.15, -0.1) is 12.4 Å². The lowest BCUT2D eigenvalue weighted by Gasteiger charge is -2.20. The molecule has 0 saturated heterocycles. The van der Waals surface area contributed by atoms with Gasteiger partial charge < -0.3 is 16.0 Å². The molecular formula is C14H19ClFN3O2. The van der Waals surface area contributed by atoms with E-state index in [0.717, 1.165) is 12.1 Å². The van der Waals surface area contributed by atoms with E-state index in [1.165, 1.54) is 6.92 Å². The molecule has 1 heterocycles. The molecule has 0 radical (unpaired) electrons. The number of halogens is 2. The summed E-state index contributed by atoms with van der Waals surface area (Å²) >= 11 is 0. The zero-order valence-electron chi connectivity index (χ0n) is 12.0. The van der Waals surface area contributed by atoms with Crippen molar-refractivity contribution in [2.75, 3.05) is 11.9 Å². The molecule has 3 N–H and O–H groups in total. The molecule has 116 valence electrons. The van der Waals surface area contributed by atoms with Gasteiger partial charge in [-0.1, -0.05) is 6.07 Å². The summed E-state index contributed by atoms with van der Waals surface area (Å²) in [5.74, 6) is -1.12. The van der Waals surface area contributed by atoms with Crippen molar-refractivity contribution >= 4 is 29.9 Å². The third-order valence-corrected chi connectivity index (χ3v) is 3.28. The number of anilines is 1. The SMILES string of the molecule is CC(=O)NC(C)C(=O)Nc1ccc2c(c1F)CCNC2.Cl. The normalized spacial score (nSPS) is 14.4. The quantitative estimate of drug-likeness (QED) is 0.788. The number of nitrogens with one attached hydrogen (secondary N) is 3. The molecule has 1 aromatic rings. The van der Waals surface area contributed by atoms with Crippen LogP contribution in [0.2, 0.25) is 0 Å². The smallest absolute Gasteiger partial charge is 0.246 e. The molecule has 1 atom stereocenters. The first-order chi connectivity index (χ1) is 9.49. The largest absolute Gasteiger partial charge is 0.345 e. The van der Waals surface area contributed by atoms with Gasteiger partial charge in [0.1, 0.15) is 11.9 Å². The lowest BCUT2D eigenvalue weighted by Crippen LogP contribution is -2.40. The third kappa shape index (κ3) is 4.15. The molecule has 2 rings (SSSR count). The molecule has 7 heteroatoms. The van der Waals surface area contributed by atoms with Crippen LogP contribution in [0.5, 0.6) is 0 Å². The second-order valence-corrected chi connectivity index (χ2v) is 4.90. The first-order valence-electron chi connectivity index (χ1n) is 6.58. The molecule has 0 aromatic heterocycles. The summed E-state index contributed by atoms with van der Waals surface area (Å²) in [7, 11) is 0. The van der Waals surface area contributed by atoms with Crippen LogP contribution in [0.4, 0.5) is 10.1 Å². The van der Waals surface area contributed by atoms with Gasteiger partial charge in [-0.3, -0.25) is 9.59 Å². The van der Waals surface area contributed by atoms with Crippen LogP contribution >= 0.6 is 12.4 Å². The van der Waals surface area contributed by atoms with Gasteiger partial charge in [0.2, 0.25) is 11.8 Å². The second-order valence-electron chi connectivity index (χ2n) is 4.90. The third-order valence-electron chi connectivity index (χ3n) is 3.28. The molecule has 1 aliphatic rings. The van der Waals surface area contributed by atoms with E-state index in [2.05, 4.69) is 16.0 Å². The average molecular weight is 316 g/mol. The zero-order chi connectivity index (χ0) is 14.7. The Bertz CT molecular complexity index is 551. The van der Waals surface area contributed by atoms with E-state index in [1.54, 1.807) is 13.0 Å². The van der Waals surface area contributed by atoms with E-state index in [9.17, 15) is 14.0 Å². The molecule has 0 bridgehead atoms. The van der Waals surface area contributed by atoms with Crippen molar-refractivity contribution in [2.45, 2.75) is 32.9 Å². The Hall–Kier alpha value is -1.66. The number of benzene rings is 1. The highest BCUT2D eigenvalue weighted by molar-refractivity contribution is 5.96. The predicted molar refractivity (Wildman–Crippen MR) is 81.0 cm³/mol.